The van der Waals surface area contributed by atoms with Gasteiger partial charge in [-0.2, -0.15) is 0 Å². The normalized spacial score (nSPS) is 25.1. The summed E-state index contributed by atoms with van der Waals surface area (Å²) in [4.78, 5) is 21.0. The summed E-state index contributed by atoms with van der Waals surface area (Å²) in [5, 5.41) is 7.13. The first kappa shape index (κ1) is 26.2. The van der Waals surface area contributed by atoms with Gasteiger partial charge in [0, 0.05) is 51.9 Å². The van der Waals surface area contributed by atoms with Gasteiger partial charge in [-0.05, 0) is 49.8 Å². The van der Waals surface area contributed by atoms with E-state index in [2.05, 4.69) is 49.7 Å². The maximum Gasteiger partial charge on any atom is 0.221 e. The standard InChI is InChI=1S/C25H40N6O.HI/c1-27-25(29-22-11-13-31(18-22)23-9-2-3-10-23)28-15-19-6-4-7-20(14-19)16-30-12-5-8-21(17-30)24(26)32;/h4,6-7,14,21-23H,2-3,5,8-13,15-18H2,1H3,(H2,26,32)(H2,27,28,29);1H. The zero-order valence-electron chi connectivity index (χ0n) is 20.0. The number of primary amides is 1. The van der Waals surface area contributed by atoms with Gasteiger partial charge in [0.2, 0.25) is 5.91 Å². The van der Waals surface area contributed by atoms with Crippen molar-refractivity contribution in [2.45, 2.75) is 70.1 Å². The zero-order chi connectivity index (χ0) is 22.3. The average molecular weight is 569 g/mol. The highest BCUT2D eigenvalue weighted by atomic mass is 127. The molecule has 0 spiro atoms. The van der Waals surface area contributed by atoms with Gasteiger partial charge in [-0.3, -0.25) is 19.6 Å². The quantitative estimate of drug-likeness (QED) is 0.268. The van der Waals surface area contributed by atoms with E-state index in [-0.39, 0.29) is 35.8 Å². The number of hydrogen-bond donors (Lipinski definition) is 3. The number of carbonyl (C=O) groups is 1. The third kappa shape index (κ3) is 7.55. The summed E-state index contributed by atoms with van der Waals surface area (Å²) < 4.78 is 0. The number of amides is 1. The second-order valence-electron chi connectivity index (χ2n) is 9.79. The van der Waals surface area contributed by atoms with Crippen molar-refractivity contribution in [1.82, 2.24) is 20.4 Å². The van der Waals surface area contributed by atoms with Gasteiger partial charge in [-0.25, -0.2) is 0 Å². The number of nitrogens with zero attached hydrogens (tertiary/aromatic N) is 3. The van der Waals surface area contributed by atoms with Gasteiger partial charge in [0.15, 0.2) is 5.96 Å². The molecule has 7 nitrogen and oxygen atoms in total. The first-order valence-corrected chi connectivity index (χ1v) is 12.4. The number of carbonyl (C=O) groups excluding carboxylic acids is 1. The molecule has 1 aromatic rings. The number of aliphatic imine (C=N–C) groups is 1. The van der Waals surface area contributed by atoms with Gasteiger partial charge in [-0.1, -0.05) is 37.1 Å². The highest BCUT2D eigenvalue weighted by Crippen LogP contribution is 2.26. The molecule has 3 aliphatic rings. The lowest BCUT2D eigenvalue weighted by molar-refractivity contribution is -0.123. The van der Waals surface area contributed by atoms with Crippen LogP contribution >= 0.6 is 24.0 Å². The van der Waals surface area contributed by atoms with Crippen LogP contribution in [0.3, 0.4) is 0 Å². The molecule has 1 amide bonds. The topological polar surface area (TPSA) is 86.0 Å². The summed E-state index contributed by atoms with van der Waals surface area (Å²) in [5.41, 5.74) is 8.05. The Morgan fingerprint density at radius 2 is 1.88 bits per heavy atom. The van der Waals surface area contributed by atoms with Gasteiger partial charge in [0.1, 0.15) is 0 Å². The van der Waals surface area contributed by atoms with Crippen LogP contribution in [-0.2, 0) is 17.9 Å². The molecule has 2 heterocycles. The fourth-order valence-electron chi connectivity index (χ4n) is 5.61. The summed E-state index contributed by atoms with van der Waals surface area (Å²) in [7, 11) is 1.85. The Morgan fingerprint density at radius 1 is 1.09 bits per heavy atom. The highest BCUT2D eigenvalue weighted by Gasteiger charge is 2.30. The van der Waals surface area contributed by atoms with Gasteiger partial charge in [-0.15, -0.1) is 24.0 Å². The Morgan fingerprint density at radius 3 is 2.64 bits per heavy atom. The number of benzene rings is 1. The molecule has 2 unspecified atom stereocenters. The van der Waals surface area contributed by atoms with E-state index in [0.29, 0.717) is 6.04 Å². The van der Waals surface area contributed by atoms with E-state index < -0.39 is 0 Å². The highest BCUT2D eigenvalue weighted by molar-refractivity contribution is 14.0. The number of likely N-dealkylation sites (tertiary alicyclic amines) is 2. The fraction of sp³-hybridized carbons (Fsp3) is 0.680. The number of nitrogens with one attached hydrogen (secondary N) is 2. The first-order chi connectivity index (χ1) is 15.6. The maximum atomic E-state index is 11.6. The van der Waals surface area contributed by atoms with Gasteiger partial charge in [0.05, 0.1) is 5.92 Å². The van der Waals surface area contributed by atoms with Gasteiger partial charge >= 0.3 is 0 Å². The van der Waals surface area contributed by atoms with Crippen molar-refractivity contribution in [3.05, 3.63) is 35.4 Å². The molecule has 8 heteroatoms. The molecule has 0 aromatic heterocycles. The average Bonchev–Trinajstić information content (AvgIpc) is 3.49. The van der Waals surface area contributed by atoms with Crippen molar-refractivity contribution in [2.24, 2.45) is 16.6 Å². The number of halogens is 1. The second-order valence-corrected chi connectivity index (χ2v) is 9.79. The molecule has 4 N–H and O–H groups in total. The minimum Gasteiger partial charge on any atom is -0.369 e. The Hall–Kier alpha value is -1.39. The molecule has 1 saturated carbocycles. The van der Waals surface area contributed by atoms with Crippen molar-refractivity contribution < 1.29 is 4.79 Å². The Labute approximate surface area is 216 Å². The Balaban J connectivity index is 0.00000306. The molecule has 0 bridgehead atoms. The molecule has 4 rings (SSSR count). The molecule has 2 atom stereocenters. The van der Waals surface area contributed by atoms with Crippen LogP contribution in [-0.4, -0.2) is 67.0 Å². The van der Waals surface area contributed by atoms with E-state index >= 15 is 0 Å². The smallest absolute Gasteiger partial charge is 0.221 e. The lowest BCUT2D eigenvalue weighted by atomic mass is 9.97. The van der Waals surface area contributed by atoms with Crippen LogP contribution in [0, 0.1) is 5.92 Å². The third-order valence-electron chi connectivity index (χ3n) is 7.39. The summed E-state index contributed by atoms with van der Waals surface area (Å²) >= 11 is 0. The van der Waals surface area contributed by atoms with E-state index in [0.717, 1.165) is 57.6 Å². The van der Waals surface area contributed by atoms with E-state index in [4.69, 9.17) is 5.73 Å². The minimum atomic E-state index is -0.167. The van der Waals surface area contributed by atoms with Crippen LogP contribution in [0.25, 0.3) is 0 Å². The Bertz CT molecular complexity index is 797. The molecule has 1 aliphatic carbocycles. The van der Waals surface area contributed by atoms with Crippen LogP contribution in [0.5, 0.6) is 0 Å². The summed E-state index contributed by atoms with van der Waals surface area (Å²) in [6.07, 6.45) is 8.68. The predicted octanol–water partition coefficient (Wildman–Crippen LogP) is 2.68. The number of hydrogen-bond acceptors (Lipinski definition) is 4. The van der Waals surface area contributed by atoms with E-state index in [1.54, 1.807) is 0 Å². The molecule has 2 saturated heterocycles. The summed E-state index contributed by atoms with van der Waals surface area (Å²) in [6, 6.07) is 9.98. The fourth-order valence-corrected chi connectivity index (χ4v) is 5.61. The molecular formula is C25H41IN6O. The van der Waals surface area contributed by atoms with Crippen LogP contribution in [0.2, 0.25) is 0 Å². The lowest BCUT2D eigenvalue weighted by Crippen LogP contribution is -2.45. The van der Waals surface area contributed by atoms with Crippen LogP contribution in [0.4, 0.5) is 0 Å². The third-order valence-corrected chi connectivity index (χ3v) is 7.39. The number of nitrogens with two attached hydrogens (primary N) is 1. The molecule has 1 aromatic carbocycles. The Kier molecular flexibility index (Phi) is 10.2. The number of guanidine groups is 1. The second kappa shape index (κ2) is 12.9. The molecule has 0 radical (unpaired) electrons. The minimum absolute atomic E-state index is 0. The summed E-state index contributed by atoms with van der Waals surface area (Å²) in [5.74, 6) is 0.706. The van der Waals surface area contributed by atoms with E-state index in [9.17, 15) is 4.79 Å². The van der Waals surface area contributed by atoms with E-state index in [1.807, 2.05) is 7.05 Å². The number of piperidine rings is 1. The van der Waals surface area contributed by atoms with Crippen molar-refractivity contribution >= 4 is 35.8 Å². The monoisotopic (exact) mass is 568 g/mol. The summed E-state index contributed by atoms with van der Waals surface area (Å²) in [6.45, 7) is 5.74. The van der Waals surface area contributed by atoms with Gasteiger partial charge in [0.25, 0.3) is 0 Å². The van der Waals surface area contributed by atoms with Crippen LogP contribution in [0.15, 0.2) is 29.3 Å². The molecule has 2 aliphatic heterocycles. The van der Waals surface area contributed by atoms with Crippen molar-refractivity contribution in [1.29, 1.82) is 0 Å². The number of rotatable bonds is 7. The molecule has 184 valence electrons. The van der Waals surface area contributed by atoms with Crippen LogP contribution in [0.1, 0.15) is 56.1 Å². The largest absolute Gasteiger partial charge is 0.369 e. The lowest BCUT2D eigenvalue weighted by Gasteiger charge is -2.31. The molecular weight excluding hydrogens is 527 g/mol. The van der Waals surface area contributed by atoms with E-state index in [1.165, 1.54) is 49.8 Å². The van der Waals surface area contributed by atoms with Crippen LogP contribution < -0.4 is 16.4 Å². The van der Waals surface area contributed by atoms with Crippen molar-refractivity contribution in [3.63, 3.8) is 0 Å². The van der Waals surface area contributed by atoms with Gasteiger partial charge < -0.3 is 16.4 Å². The van der Waals surface area contributed by atoms with Crippen molar-refractivity contribution in [3.8, 4) is 0 Å². The SMILES string of the molecule is CN=C(NCc1cccc(CN2CCCC(C(N)=O)C2)c1)NC1CCN(C2CCCC2)C1.I. The maximum absolute atomic E-state index is 11.6. The first-order valence-electron chi connectivity index (χ1n) is 12.4. The predicted molar refractivity (Wildman–Crippen MR) is 145 cm³/mol. The zero-order valence-corrected chi connectivity index (χ0v) is 22.3. The molecule has 3 fully saturated rings. The van der Waals surface area contributed by atoms with Crippen molar-refractivity contribution in [2.75, 3.05) is 33.2 Å². The molecule has 33 heavy (non-hydrogen) atoms.